The maximum Gasteiger partial charge on any atom is 0.261 e. The zero-order valence-electron chi connectivity index (χ0n) is 11.5. The van der Waals surface area contributed by atoms with Gasteiger partial charge in [0.05, 0.1) is 10.8 Å². The third-order valence-electron chi connectivity index (χ3n) is 3.12. The number of primary amides is 1. The molecule has 6 heteroatoms. The summed E-state index contributed by atoms with van der Waals surface area (Å²) >= 11 is 0. The van der Waals surface area contributed by atoms with Crippen LogP contribution in [0.1, 0.15) is 18.4 Å². The standard InChI is InChI=1S/C15H16N2O3S/c1-11(15(16)18)12-6-5-7-13(10-12)17-21(19,20)14-8-3-2-4-9-14/h2-11,17H,1H3,(H2,16,18)/t11-/m1/s1. The first kappa shape index (κ1) is 15.1. The fourth-order valence-electron chi connectivity index (χ4n) is 1.85. The number of sulfonamides is 1. The van der Waals surface area contributed by atoms with Crippen molar-refractivity contribution in [3.05, 3.63) is 60.2 Å². The molecule has 0 aliphatic carbocycles. The first-order chi connectivity index (χ1) is 9.90. The number of hydrogen-bond acceptors (Lipinski definition) is 3. The van der Waals surface area contributed by atoms with Crippen molar-refractivity contribution < 1.29 is 13.2 Å². The van der Waals surface area contributed by atoms with Gasteiger partial charge in [-0.2, -0.15) is 0 Å². The van der Waals surface area contributed by atoms with E-state index in [1.807, 2.05) is 0 Å². The molecule has 0 radical (unpaired) electrons. The van der Waals surface area contributed by atoms with Crippen LogP contribution in [-0.4, -0.2) is 14.3 Å². The number of rotatable bonds is 5. The van der Waals surface area contributed by atoms with E-state index in [0.29, 0.717) is 11.3 Å². The Morgan fingerprint density at radius 2 is 1.76 bits per heavy atom. The average molecular weight is 304 g/mol. The molecule has 110 valence electrons. The van der Waals surface area contributed by atoms with Crippen molar-refractivity contribution >= 4 is 21.6 Å². The molecule has 5 nitrogen and oxygen atoms in total. The Bertz CT molecular complexity index is 743. The molecule has 0 fully saturated rings. The zero-order chi connectivity index (χ0) is 15.5. The minimum absolute atomic E-state index is 0.179. The van der Waals surface area contributed by atoms with Gasteiger partial charge in [-0.1, -0.05) is 30.3 Å². The smallest absolute Gasteiger partial charge is 0.261 e. The molecular weight excluding hydrogens is 288 g/mol. The number of nitrogens with one attached hydrogen (secondary N) is 1. The Labute approximate surface area is 123 Å². The van der Waals surface area contributed by atoms with Crippen LogP contribution in [0.4, 0.5) is 5.69 Å². The van der Waals surface area contributed by atoms with Crippen molar-refractivity contribution in [3.63, 3.8) is 0 Å². The SMILES string of the molecule is C[C@@H](C(N)=O)c1cccc(NS(=O)(=O)c2ccccc2)c1. The minimum atomic E-state index is -3.64. The lowest BCUT2D eigenvalue weighted by molar-refractivity contribution is -0.119. The van der Waals surface area contributed by atoms with Gasteiger partial charge in [0.15, 0.2) is 0 Å². The van der Waals surface area contributed by atoms with Crippen molar-refractivity contribution in [1.82, 2.24) is 0 Å². The molecule has 0 aliphatic heterocycles. The lowest BCUT2D eigenvalue weighted by Crippen LogP contribution is -2.19. The molecule has 21 heavy (non-hydrogen) atoms. The fourth-order valence-corrected chi connectivity index (χ4v) is 2.92. The van der Waals surface area contributed by atoms with Crippen molar-refractivity contribution in [2.75, 3.05) is 4.72 Å². The number of anilines is 1. The Hall–Kier alpha value is -2.34. The maximum absolute atomic E-state index is 12.2. The van der Waals surface area contributed by atoms with E-state index in [1.54, 1.807) is 49.4 Å². The summed E-state index contributed by atoms with van der Waals surface area (Å²) in [6.45, 7) is 1.67. The van der Waals surface area contributed by atoms with E-state index >= 15 is 0 Å². The lowest BCUT2D eigenvalue weighted by Gasteiger charge is -2.12. The number of nitrogens with two attached hydrogens (primary N) is 1. The summed E-state index contributed by atoms with van der Waals surface area (Å²) in [5, 5.41) is 0. The fraction of sp³-hybridized carbons (Fsp3) is 0.133. The predicted molar refractivity (Wildman–Crippen MR) is 81.3 cm³/mol. The average Bonchev–Trinajstić information content (AvgIpc) is 2.47. The molecular formula is C15H16N2O3S. The van der Waals surface area contributed by atoms with Crippen LogP contribution in [-0.2, 0) is 14.8 Å². The summed E-state index contributed by atoms with van der Waals surface area (Å²) < 4.78 is 26.9. The molecule has 0 bridgehead atoms. The van der Waals surface area contributed by atoms with E-state index < -0.39 is 21.8 Å². The van der Waals surface area contributed by atoms with Gasteiger partial charge < -0.3 is 5.73 Å². The van der Waals surface area contributed by atoms with E-state index in [1.165, 1.54) is 12.1 Å². The number of carbonyl (C=O) groups is 1. The van der Waals surface area contributed by atoms with E-state index in [9.17, 15) is 13.2 Å². The summed E-state index contributed by atoms with van der Waals surface area (Å²) in [7, 11) is -3.64. The molecule has 2 aromatic rings. The molecule has 0 saturated carbocycles. The van der Waals surface area contributed by atoms with Gasteiger partial charge in [0.1, 0.15) is 0 Å². The van der Waals surface area contributed by atoms with E-state index in [-0.39, 0.29) is 4.90 Å². The first-order valence-corrected chi connectivity index (χ1v) is 7.85. The molecule has 0 saturated heterocycles. The van der Waals surface area contributed by atoms with Gasteiger partial charge in [0.25, 0.3) is 10.0 Å². The van der Waals surface area contributed by atoms with Gasteiger partial charge in [0, 0.05) is 5.69 Å². The van der Waals surface area contributed by atoms with E-state index in [2.05, 4.69) is 4.72 Å². The molecule has 0 aliphatic rings. The second kappa shape index (κ2) is 5.97. The van der Waals surface area contributed by atoms with Gasteiger partial charge in [0.2, 0.25) is 5.91 Å². The third kappa shape index (κ3) is 3.61. The zero-order valence-corrected chi connectivity index (χ0v) is 12.3. The predicted octanol–water partition coefficient (Wildman–Crippen LogP) is 2.08. The summed E-state index contributed by atoms with van der Waals surface area (Å²) in [5.74, 6) is -0.941. The highest BCUT2D eigenvalue weighted by atomic mass is 32.2. The largest absolute Gasteiger partial charge is 0.369 e. The Morgan fingerprint density at radius 1 is 1.10 bits per heavy atom. The number of carbonyl (C=O) groups excluding carboxylic acids is 1. The Morgan fingerprint density at radius 3 is 2.38 bits per heavy atom. The Balaban J connectivity index is 2.28. The van der Waals surface area contributed by atoms with Crippen LogP contribution in [0.3, 0.4) is 0 Å². The normalized spacial score (nSPS) is 12.6. The number of amides is 1. The number of benzene rings is 2. The topological polar surface area (TPSA) is 89.3 Å². The Kier molecular flexibility index (Phi) is 4.28. The van der Waals surface area contributed by atoms with E-state index in [0.717, 1.165) is 0 Å². The molecule has 3 N–H and O–H groups in total. The third-order valence-corrected chi connectivity index (χ3v) is 4.52. The van der Waals surface area contributed by atoms with Crippen LogP contribution < -0.4 is 10.5 Å². The van der Waals surface area contributed by atoms with Crippen molar-refractivity contribution in [2.24, 2.45) is 5.73 Å². The van der Waals surface area contributed by atoms with Crippen LogP contribution in [0.15, 0.2) is 59.5 Å². The summed E-state index contributed by atoms with van der Waals surface area (Å²) in [6.07, 6.45) is 0. The minimum Gasteiger partial charge on any atom is -0.369 e. The second-order valence-electron chi connectivity index (χ2n) is 4.67. The van der Waals surface area contributed by atoms with Crippen molar-refractivity contribution in [2.45, 2.75) is 17.7 Å². The quantitative estimate of drug-likeness (QED) is 0.886. The van der Waals surface area contributed by atoms with Crippen molar-refractivity contribution in [1.29, 1.82) is 0 Å². The van der Waals surface area contributed by atoms with Crippen LogP contribution >= 0.6 is 0 Å². The summed E-state index contributed by atoms with van der Waals surface area (Å²) in [6, 6.07) is 14.7. The maximum atomic E-state index is 12.2. The first-order valence-electron chi connectivity index (χ1n) is 6.37. The van der Waals surface area contributed by atoms with Gasteiger partial charge in [-0.25, -0.2) is 8.42 Å². The van der Waals surface area contributed by atoms with Crippen molar-refractivity contribution in [3.8, 4) is 0 Å². The van der Waals surface area contributed by atoms with Gasteiger partial charge >= 0.3 is 0 Å². The highest BCUT2D eigenvalue weighted by molar-refractivity contribution is 7.92. The highest BCUT2D eigenvalue weighted by Crippen LogP contribution is 2.21. The number of hydrogen-bond donors (Lipinski definition) is 2. The van der Waals surface area contributed by atoms with Gasteiger partial charge in [-0.05, 0) is 36.8 Å². The van der Waals surface area contributed by atoms with Crippen LogP contribution in [0.2, 0.25) is 0 Å². The monoisotopic (exact) mass is 304 g/mol. The highest BCUT2D eigenvalue weighted by Gasteiger charge is 2.15. The molecule has 0 heterocycles. The van der Waals surface area contributed by atoms with Crippen LogP contribution in [0, 0.1) is 0 Å². The van der Waals surface area contributed by atoms with E-state index in [4.69, 9.17) is 5.73 Å². The molecule has 2 rings (SSSR count). The molecule has 0 spiro atoms. The molecule has 0 unspecified atom stereocenters. The van der Waals surface area contributed by atoms with Gasteiger partial charge in [-0.15, -0.1) is 0 Å². The van der Waals surface area contributed by atoms with Crippen LogP contribution in [0.5, 0.6) is 0 Å². The summed E-state index contributed by atoms with van der Waals surface area (Å²) in [4.78, 5) is 11.4. The molecule has 1 amide bonds. The molecule has 2 aromatic carbocycles. The van der Waals surface area contributed by atoms with Crippen LogP contribution in [0.25, 0.3) is 0 Å². The second-order valence-corrected chi connectivity index (χ2v) is 6.35. The molecule has 0 aromatic heterocycles. The summed E-state index contributed by atoms with van der Waals surface area (Å²) in [5.41, 5.74) is 6.31. The molecule has 1 atom stereocenters. The van der Waals surface area contributed by atoms with Gasteiger partial charge in [-0.3, -0.25) is 9.52 Å². The lowest BCUT2D eigenvalue weighted by atomic mass is 10.0.